The van der Waals surface area contributed by atoms with E-state index in [0.29, 0.717) is 34.2 Å². The zero-order valence-electron chi connectivity index (χ0n) is 18.5. The first kappa shape index (κ1) is 24.5. The van der Waals surface area contributed by atoms with E-state index in [1.807, 2.05) is 42.6 Å². The number of anilines is 1. The van der Waals surface area contributed by atoms with Crippen molar-refractivity contribution in [3.8, 4) is 22.6 Å². The topological polar surface area (TPSA) is 73.9 Å². The van der Waals surface area contributed by atoms with Crippen molar-refractivity contribution in [2.24, 2.45) is 0 Å². The number of hydrogen-bond acceptors (Lipinski definition) is 6. The van der Waals surface area contributed by atoms with Gasteiger partial charge in [0.1, 0.15) is 10.6 Å². The largest absolute Gasteiger partial charge is 0.493 e. The zero-order chi connectivity index (χ0) is 23.8. The molecule has 0 saturated heterocycles. The molecule has 1 heterocycles. The van der Waals surface area contributed by atoms with E-state index in [4.69, 9.17) is 14.2 Å². The third kappa shape index (κ3) is 6.24. The van der Waals surface area contributed by atoms with E-state index in [2.05, 4.69) is 21.2 Å². The molecule has 0 aliphatic heterocycles. The highest BCUT2D eigenvalue weighted by Gasteiger charge is 2.22. The van der Waals surface area contributed by atoms with Gasteiger partial charge in [0.15, 0.2) is 11.5 Å². The molecule has 172 valence electrons. The van der Waals surface area contributed by atoms with Crippen LogP contribution in [0.1, 0.15) is 29.8 Å². The quantitative estimate of drug-likeness (QED) is 0.256. The van der Waals surface area contributed by atoms with E-state index in [0.717, 1.165) is 15.6 Å². The molecule has 1 aromatic heterocycles. The van der Waals surface area contributed by atoms with E-state index in [-0.39, 0.29) is 12.5 Å². The number of thiophene rings is 1. The number of methoxy groups -OCH3 is 1. The number of amides is 1. The number of hydrogen-bond donors (Lipinski definition) is 1. The van der Waals surface area contributed by atoms with Gasteiger partial charge in [-0.2, -0.15) is 0 Å². The molecule has 0 fully saturated rings. The fraction of sp³-hybridized carbons (Fsp3) is 0.200. The predicted octanol–water partition coefficient (Wildman–Crippen LogP) is 6.41. The zero-order valence-corrected chi connectivity index (χ0v) is 20.9. The Morgan fingerprint density at radius 2 is 1.82 bits per heavy atom. The van der Waals surface area contributed by atoms with Gasteiger partial charge in [0.2, 0.25) is 5.91 Å². The fourth-order valence-corrected chi connectivity index (χ4v) is 4.31. The lowest BCUT2D eigenvalue weighted by Crippen LogP contribution is -2.12. The van der Waals surface area contributed by atoms with Crippen molar-refractivity contribution in [3.63, 3.8) is 0 Å². The minimum absolute atomic E-state index is 0.237. The fourth-order valence-electron chi connectivity index (χ4n) is 3.09. The van der Waals surface area contributed by atoms with Crippen LogP contribution in [-0.2, 0) is 9.53 Å². The molecule has 33 heavy (non-hydrogen) atoms. The van der Waals surface area contributed by atoms with Gasteiger partial charge < -0.3 is 19.5 Å². The minimum Gasteiger partial charge on any atom is -0.493 e. The van der Waals surface area contributed by atoms with Crippen molar-refractivity contribution in [2.75, 3.05) is 25.6 Å². The molecule has 0 aliphatic carbocycles. The lowest BCUT2D eigenvalue weighted by Gasteiger charge is -2.09. The van der Waals surface area contributed by atoms with E-state index in [9.17, 15) is 9.59 Å². The monoisotopic (exact) mass is 529 g/mol. The average molecular weight is 530 g/mol. The third-order valence-electron chi connectivity index (χ3n) is 4.58. The first-order valence-electron chi connectivity index (χ1n) is 10.3. The second kappa shape index (κ2) is 11.7. The van der Waals surface area contributed by atoms with Crippen LogP contribution in [0.3, 0.4) is 0 Å². The molecular formula is C25H24BrNO5S. The molecular weight excluding hydrogens is 506 g/mol. The third-order valence-corrected chi connectivity index (χ3v) is 6.00. The van der Waals surface area contributed by atoms with Crippen LogP contribution in [0.2, 0.25) is 0 Å². The maximum Gasteiger partial charge on any atom is 0.341 e. The molecule has 3 rings (SSSR count). The van der Waals surface area contributed by atoms with Crippen molar-refractivity contribution in [3.05, 3.63) is 69.5 Å². The molecule has 1 amide bonds. The number of nitrogens with one attached hydrogen (secondary N) is 1. The second-order valence-corrected chi connectivity index (χ2v) is 8.54. The van der Waals surface area contributed by atoms with Crippen molar-refractivity contribution in [1.29, 1.82) is 0 Å². The van der Waals surface area contributed by atoms with Crippen LogP contribution in [0.15, 0.2) is 58.4 Å². The van der Waals surface area contributed by atoms with Gasteiger partial charge in [0.05, 0.1) is 20.3 Å². The summed E-state index contributed by atoms with van der Waals surface area (Å²) in [7, 11) is 1.56. The second-order valence-electron chi connectivity index (χ2n) is 6.75. The van der Waals surface area contributed by atoms with Gasteiger partial charge in [0.25, 0.3) is 0 Å². The summed E-state index contributed by atoms with van der Waals surface area (Å²) in [5, 5.41) is 5.08. The predicted molar refractivity (Wildman–Crippen MR) is 135 cm³/mol. The van der Waals surface area contributed by atoms with E-state index in [1.165, 1.54) is 17.4 Å². The number of rotatable bonds is 9. The maximum absolute atomic E-state index is 12.7. The maximum atomic E-state index is 12.7. The number of carbonyl (C=O) groups is 2. The van der Waals surface area contributed by atoms with Gasteiger partial charge in [-0.05, 0) is 55.3 Å². The highest BCUT2D eigenvalue weighted by molar-refractivity contribution is 9.10. The van der Waals surface area contributed by atoms with Crippen LogP contribution in [0.4, 0.5) is 5.00 Å². The van der Waals surface area contributed by atoms with Gasteiger partial charge >= 0.3 is 5.97 Å². The van der Waals surface area contributed by atoms with E-state index < -0.39 is 5.97 Å². The molecule has 0 radical (unpaired) electrons. The highest BCUT2D eigenvalue weighted by atomic mass is 79.9. The summed E-state index contributed by atoms with van der Waals surface area (Å²) in [5.41, 5.74) is 2.68. The molecule has 0 unspecified atom stereocenters. The summed E-state index contributed by atoms with van der Waals surface area (Å²) >= 11 is 4.69. The normalized spacial score (nSPS) is 10.8. The lowest BCUT2D eigenvalue weighted by atomic mass is 10.0. The first-order valence-corrected chi connectivity index (χ1v) is 12.0. The van der Waals surface area contributed by atoms with Crippen LogP contribution < -0.4 is 14.8 Å². The van der Waals surface area contributed by atoms with E-state index in [1.54, 1.807) is 32.2 Å². The average Bonchev–Trinajstić information content (AvgIpc) is 3.22. The number of ether oxygens (including phenoxy) is 3. The van der Waals surface area contributed by atoms with Gasteiger partial charge in [-0.25, -0.2) is 4.79 Å². The Balaban J connectivity index is 1.83. The first-order chi connectivity index (χ1) is 16.0. The standard InChI is InChI=1S/C25H24BrNO5S/c1-4-31-20-12-6-16(14-21(20)30-3)7-13-22(28)27-24-23(25(29)32-5-2)19(15-33-24)17-8-10-18(26)11-9-17/h6-15H,4-5H2,1-3H3,(H,27,28). The SMILES string of the molecule is CCOC(=O)c1c(-c2ccc(Br)cc2)csc1NC(=O)C=Cc1ccc(OCC)c(OC)c1. The molecule has 0 atom stereocenters. The molecule has 0 saturated carbocycles. The smallest absolute Gasteiger partial charge is 0.341 e. The Kier molecular flexibility index (Phi) is 8.68. The number of benzene rings is 2. The number of halogens is 1. The molecule has 8 heteroatoms. The Morgan fingerprint density at radius 3 is 2.48 bits per heavy atom. The molecule has 6 nitrogen and oxygen atoms in total. The van der Waals surface area contributed by atoms with Crippen LogP contribution >= 0.6 is 27.3 Å². The van der Waals surface area contributed by atoms with Gasteiger partial charge in [0, 0.05) is 21.5 Å². The van der Waals surface area contributed by atoms with Crippen LogP contribution in [0.25, 0.3) is 17.2 Å². The minimum atomic E-state index is -0.479. The molecule has 0 bridgehead atoms. The molecule has 1 N–H and O–H groups in total. The summed E-state index contributed by atoms with van der Waals surface area (Å²) in [6.45, 7) is 4.41. The van der Waals surface area contributed by atoms with Crippen molar-refractivity contribution in [2.45, 2.75) is 13.8 Å². The van der Waals surface area contributed by atoms with Crippen LogP contribution in [0.5, 0.6) is 11.5 Å². The van der Waals surface area contributed by atoms with Gasteiger partial charge in [-0.15, -0.1) is 11.3 Å². The Hall–Kier alpha value is -3.10. The lowest BCUT2D eigenvalue weighted by molar-refractivity contribution is -0.111. The van der Waals surface area contributed by atoms with Gasteiger partial charge in [-0.3, -0.25) is 4.79 Å². The molecule has 2 aromatic carbocycles. The van der Waals surface area contributed by atoms with Crippen LogP contribution in [0, 0.1) is 0 Å². The highest BCUT2D eigenvalue weighted by Crippen LogP contribution is 2.37. The summed E-state index contributed by atoms with van der Waals surface area (Å²) in [5.74, 6) is 0.381. The van der Waals surface area contributed by atoms with E-state index >= 15 is 0 Å². The molecule has 0 aliphatic rings. The Morgan fingerprint density at radius 1 is 1.06 bits per heavy atom. The van der Waals surface area contributed by atoms with Crippen molar-refractivity contribution >= 4 is 50.2 Å². The molecule has 0 spiro atoms. The van der Waals surface area contributed by atoms with Crippen molar-refractivity contribution in [1.82, 2.24) is 0 Å². The van der Waals surface area contributed by atoms with Crippen molar-refractivity contribution < 1.29 is 23.8 Å². The summed E-state index contributed by atoms with van der Waals surface area (Å²) in [6, 6.07) is 13.0. The number of esters is 1. The summed E-state index contributed by atoms with van der Waals surface area (Å²) in [4.78, 5) is 25.3. The van der Waals surface area contributed by atoms with Gasteiger partial charge in [-0.1, -0.05) is 34.1 Å². The molecule has 3 aromatic rings. The number of carbonyl (C=O) groups excluding carboxylic acids is 2. The van der Waals surface area contributed by atoms with Crippen LogP contribution in [-0.4, -0.2) is 32.2 Å². The summed E-state index contributed by atoms with van der Waals surface area (Å²) < 4.78 is 17.0. The summed E-state index contributed by atoms with van der Waals surface area (Å²) in [6.07, 6.45) is 3.07. The Bertz CT molecular complexity index is 1150. The Labute approximate surface area is 205 Å².